The summed E-state index contributed by atoms with van der Waals surface area (Å²) in [5.41, 5.74) is -0.854. The Kier molecular flexibility index (Phi) is 14.7. The molecule has 0 aliphatic carbocycles. The first-order valence-electron chi connectivity index (χ1n) is 8.85. The van der Waals surface area contributed by atoms with Gasteiger partial charge in [-0.3, -0.25) is 0 Å². The van der Waals surface area contributed by atoms with Gasteiger partial charge in [0, 0.05) is 24.2 Å². The second-order valence-electron chi connectivity index (χ2n) is 5.43. The van der Waals surface area contributed by atoms with Gasteiger partial charge in [-0.2, -0.15) is 0 Å². The number of carbonyl (C=O) groups excluding carboxylic acids is 2. The maximum absolute atomic E-state index is 11.4. The number of ether oxygens (including phenoxy) is 2. The summed E-state index contributed by atoms with van der Waals surface area (Å²) in [6.07, 6.45) is 3.32. The summed E-state index contributed by atoms with van der Waals surface area (Å²) in [4.78, 5) is 45.7. The fourth-order valence-electron chi connectivity index (χ4n) is 1.99. The van der Waals surface area contributed by atoms with Crippen molar-refractivity contribution < 1.29 is 49.1 Å². The Labute approximate surface area is 172 Å². The topological polar surface area (TPSA) is 192 Å². The number of amides is 2. The summed E-state index contributed by atoms with van der Waals surface area (Å²) in [6, 6.07) is 0. The molecule has 12 heteroatoms. The minimum atomic E-state index is -1.47. The van der Waals surface area contributed by atoms with Crippen molar-refractivity contribution in [3.05, 3.63) is 35.5 Å². The van der Waals surface area contributed by atoms with Gasteiger partial charge in [0.05, 0.1) is 13.2 Å². The van der Waals surface area contributed by atoms with E-state index in [9.17, 15) is 29.4 Å². The molecule has 0 rings (SSSR count). The van der Waals surface area contributed by atoms with Gasteiger partial charge in [0.15, 0.2) is 0 Å². The van der Waals surface area contributed by atoms with Gasteiger partial charge in [-0.05, 0) is 25.0 Å². The monoisotopic (exact) mass is 430 g/mol. The Bertz CT molecular complexity index is 614. The highest BCUT2D eigenvalue weighted by Gasteiger charge is 2.20. The molecule has 30 heavy (non-hydrogen) atoms. The lowest BCUT2D eigenvalue weighted by atomic mass is 10.0. The van der Waals surface area contributed by atoms with Crippen LogP contribution in [0.3, 0.4) is 0 Å². The van der Waals surface area contributed by atoms with Crippen molar-refractivity contribution in [1.82, 2.24) is 10.6 Å². The Morgan fingerprint density at radius 2 is 1.03 bits per heavy atom. The number of nitrogens with one attached hydrogen (secondary N) is 2. The summed E-state index contributed by atoms with van der Waals surface area (Å²) in [5, 5.41) is 40.2. The molecule has 0 saturated carbocycles. The summed E-state index contributed by atoms with van der Waals surface area (Å²) < 4.78 is 9.45. The van der Waals surface area contributed by atoms with Crippen molar-refractivity contribution in [2.45, 2.75) is 12.8 Å². The lowest BCUT2D eigenvalue weighted by Crippen LogP contribution is -2.28. The molecule has 0 aromatic heterocycles. The number of hydrogen-bond donors (Lipinski definition) is 6. The third kappa shape index (κ3) is 12.9. The molecule has 12 nitrogen and oxygen atoms in total. The predicted octanol–water partition coefficient (Wildman–Crippen LogP) is -0.218. The maximum Gasteiger partial charge on any atom is 0.407 e. The summed E-state index contributed by atoms with van der Waals surface area (Å²) >= 11 is 0. The molecule has 0 aliphatic rings. The van der Waals surface area contributed by atoms with Gasteiger partial charge >= 0.3 is 24.1 Å². The summed E-state index contributed by atoms with van der Waals surface area (Å²) in [6.45, 7) is -0.967. The molecule has 0 fully saturated rings. The zero-order chi connectivity index (χ0) is 22.8. The Balaban J connectivity index is 4.69. The highest BCUT2D eigenvalue weighted by atomic mass is 16.6. The molecule has 0 heterocycles. The number of alkyl carbamates (subject to hydrolysis) is 2. The van der Waals surface area contributed by atoms with E-state index in [1.807, 2.05) is 0 Å². The van der Waals surface area contributed by atoms with Gasteiger partial charge in [0.25, 0.3) is 0 Å². The summed E-state index contributed by atoms with van der Waals surface area (Å²) in [7, 11) is 0. The maximum atomic E-state index is 11.4. The Morgan fingerprint density at radius 1 is 0.667 bits per heavy atom. The number of aliphatic hydroxyl groups excluding tert-OH is 2. The minimum absolute atomic E-state index is 0.0913. The third-order valence-corrected chi connectivity index (χ3v) is 3.33. The van der Waals surface area contributed by atoms with Crippen LogP contribution in [0.5, 0.6) is 0 Å². The molecule has 0 unspecified atom stereocenters. The molecule has 2 amide bonds. The van der Waals surface area contributed by atoms with Crippen LogP contribution in [0.1, 0.15) is 12.8 Å². The van der Waals surface area contributed by atoms with Crippen LogP contribution in [0.15, 0.2) is 35.5 Å². The smallest absolute Gasteiger partial charge is 0.407 e. The molecule has 0 bridgehead atoms. The molecule has 0 atom stereocenters. The normalized spacial score (nSPS) is 11.8. The average molecular weight is 430 g/mol. The molecule has 0 aliphatic heterocycles. The lowest BCUT2D eigenvalue weighted by molar-refractivity contribution is -0.136. The molecular weight excluding hydrogens is 404 g/mol. The first-order valence-corrected chi connectivity index (χ1v) is 8.85. The number of carboxylic acid groups (broad SMARTS) is 2. The highest BCUT2D eigenvalue weighted by Crippen LogP contribution is 2.13. The Hall–Kier alpha value is -3.38. The van der Waals surface area contributed by atoms with E-state index in [1.54, 1.807) is 0 Å². The standard InChI is InChI=1S/C18H26N2O10/c21-9-1-3-11-29-17(27)19-7-5-13(15(23)24)14(16(25)26)6-8-20-18(28)30-12-4-2-10-22/h1-4,21-22H,5-12H2,(H,19,27)(H,20,28)(H,23,24)(H,25,26)/b3-1?,4-2?,14-13+. The van der Waals surface area contributed by atoms with E-state index < -0.39 is 35.3 Å². The van der Waals surface area contributed by atoms with Gasteiger partial charge in [0.2, 0.25) is 0 Å². The average Bonchev–Trinajstić information content (AvgIpc) is 2.69. The van der Waals surface area contributed by atoms with Crippen LogP contribution in [0.4, 0.5) is 9.59 Å². The zero-order valence-corrected chi connectivity index (χ0v) is 16.2. The quantitative estimate of drug-likeness (QED) is 0.159. The van der Waals surface area contributed by atoms with E-state index in [0.29, 0.717) is 0 Å². The van der Waals surface area contributed by atoms with Crippen molar-refractivity contribution >= 4 is 24.1 Å². The number of carboxylic acids is 2. The molecule has 0 aromatic rings. The van der Waals surface area contributed by atoms with Gasteiger partial charge in [-0.25, -0.2) is 19.2 Å². The fourth-order valence-corrected chi connectivity index (χ4v) is 1.99. The van der Waals surface area contributed by atoms with Crippen molar-refractivity contribution in [3.8, 4) is 0 Å². The zero-order valence-electron chi connectivity index (χ0n) is 16.2. The third-order valence-electron chi connectivity index (χ3n) is 3.33. The van der Waals surface area contributed by atoms with Gasteiger partial charge < -0.3 is 40.5 Å². The van der Waals surface area contributed by atoms with Crippen LogP contribution >= 0.6 is 0 Å². The molecule has 168 valence electrons. The van der Waals surface area contributed by atoms with Gasteiger partial charge in [0.1, 0.15) is 13.2 Å². The van der Waals surface area contributed by atoms with E-state index >= 15 is 0 Å². The minimum Gasteiger partial charge on any atom is -0.478 e. The van der Waals surface area contributed by atoms with E-state index in [-0.39, 0.29) is 52.4 Å². The van der Waals surface area contributed by atoms with E-state index in [1.165, 1.54) is 24.3 Å². The van der Waals surface area contributed by atoms with Crippen molar-refractivity contribution in [3.63, 3.8) is 0 Å². The number of hydrogen-bond acceptors (Lipinski definition) is 8. The number of carbonyl (C=O) groups is 4. The van der Waals surface area contributed by atoms with Crippen LogP contribution in [-0.2, 0) is 19.1 Å². The number of rotatable bonds is 14. The molecule has 6 N–H and O–H groups in total. The second kappa shape index (κ2) is 16.6. The van der Waals surface area contributed by atoms with Crippen LogP contribution in [0, 0.1) is 0 Å². The molecule has 0 spiro atoms. The summed E-state index contributed by atoms with van der Waals surface area (Å²) in [5.74, 6) is -2.93. The van der Waals surface area contributed by atoms with E-state index in [4.69, 9.17) is 19.7 Å². The fraction of sp³-hybridized carbons (Fsp3) is 0.444. The second-order valence-corrected chi connectivity index (χ2v) is 5.43. The van der Waals surface area contributed by atoms with Crippen LogP contribution in [-0.4, -0.2) is 84.1 Å². The van der Waals surface area contributed by atoms with E-state index in [2.05, 4.69) is 10.6 Å². The Morgan fingerprint density at radius 3 is 1.33 bits per heavy atom. The molecule has 0 aromatic carbocycles. The number of aliphatic carboxylic acids is 2. The van der Waals surface area contributed by atoms with Crippen molar-refractivity contribution in [1.29, 1.82) is 0 Å². The van der Waals surface area contributed by atoms with Crippen molar-refractivity contribution in [2.75, 3.05) is 39.5 Å². The van der Waals surface area contributed by atoms with Crippen LogP contribution in [0.2, 0.25) is 0 Å². The van der Waals surface area contributed by atoms with Crippen LogP contribution in [0.25, 0.3) is 0 Å². The SMILES string of the molecule is O=C(NCC/C(C(=O)O)=C(/CCNC(=O)OCC=CCO)C(=O)O)OCC=CCO. The largest absolute Gasteiger partial charge is 0.478 e. The first-order chi connectivity index (χ1) is 14.3. The highest BCUT2D eigenvalue weighted by molar-refractivity contribution is 5.98. The molecule has 0 saturated heterocycles. The predicted molar refractivity (Wildman–Crippen MR) is 103 cm³/mol. The van der Waals surface area contributed by atoms with Crippen molar-refractivity contribution in [2.24, 2.45) is 0 Å². The van der Waals surface area contributed by atoms with Crippen LogP contribution < -0.4 is 10.6 Å². The first kappa shape index (κ1) is 26.6. The number of aliphatic hydroxyl groups is 2. The van der Waals surface area contributed by atoms with E-state index in [0.717, 1.165) is 0 Å². The van der Waals surface area contributed by atoms with Gasteiger partial charge in [-0.1, -0.05) is 12.2 Å². The lowest BCUT2D eigenvalue weighted by Gasteiger charge is -2.11. The van der Waals surface area contributed by atoms with Gasteiger partial charge in [-0.15, -0.1) is 0 Å². The molecule has 0 radical (unpaired) electrons. The molecular formula is C18H26N2O10.